The number of benzene rings is 1. The maximum Gasteiger partial charge on any atom is 0.272 e. The Labute approximate surface area is 218 Å². The minimum absolute atomic E-state index is 0.0580. The number of anilines is 1. The Bertz CT molecular complexity index is 1420. The van der Waals surface area contributed by atoms with Gasteiger partial charge in [-0.25, -0.2) is 0 Å². The van der Waals surface area contributed by atoms with Gasteiger partial charge in [0.2, 0.25) is 11.7 Å². The minimum atomic E-state index is -0.0613. The Balaban J connectivity index is 1.03. The quantitative estimate of drug-likeness (QED) is 0.337. The Hall–Kier alpha value is -2.95. The van der Waals surface area contributed by atoms with E-state index in [1.807, 2.05) is 34.0 Å². The molecule has 1 saturated heterocycles. The molecule has 1 aliphatic heterocycles. The number of fused-ring (bicyclic) bond motifs is 3. The normalized spacial score (nSPS) is 14.7. The molecule has 0 atom stereocenters. The predicted molar refractivity (Wildman–Crippen MR) is 144 cm³/mol. The SMILES string of the molecule is Cn1c(=O)c2sccc2n2c(CCCC(=O)NCCCN3CCN(c4cccc(Cl)c4)CC3)nnc12. The number of carbonyl (C=O) groups is 1. The van der Waals surface area contributed by atoms with Gasteiger partial charge in [-0.15, -0.1) is 21.5 Å². The first-order valence-corrected chi connectivity index (χ1v) is 13.6. The highest BCUT2D eigenvalue weighted by Gasteiger charge is 2.18. The number of rotatable bonds is 9. The molecule has 1 fully saturated rings. The molecule has 0 saturated carbocycles. The van der Waals surface area contributed by atoms with E-state index in [-0.39, 0.29) is 11.5 Å². The zero-order valence-electron chi connectivity index (χ0n) is 20.3. The summed E-state index contributed by atoms with van der Waals surface area (Å²) in [7, 11) is 1.71. The van der Waals surface area contributed by atoms with Gasteiger partial charge in [0.15, 0.2) is 0 Å². The van der Waals surface area contributed by atoms with Gasteiger partial charge >= 0.3 is 0 Å². The van der Waals surface area contributed by atoms with Crippen LogP contribution in [0.5, 0.6) is 0 Å². The van der Waals surface area contributed by atoms with Crippen molar-refractivity contribution in [3.05, 3.63) is 56.9 Å². The highest BCUT2D eigenvalue weighted by atomic mass is 35.5. The second-order valence-electron chi connectivity index (χ2n) is 9.12. The molecule has 4 aromatic rings. The number of carbonyl (C=O) groups excluding carboxylic acids is 1. The monoisotopic (exact) mass is 527 g/mol. The van der Waals surface area contributed by atoms with Crippen LogP contribution in [0.1, 0.15) is 25.1 Å². The van der Waals surface area contributed by atoms with Gasteiger partial charge < -0.3 is 10.2 Å². The molecule has 1 amide bonds. The van der Waals surface area contributed by atoms with Crippen molar-refractivity contribution in [1.29, 1.82) is 0 Å². The summed E-state index contributed by atoms with van der Waals surface area (Å²) in [4.78, 5) is 29.6. The third kappa shape index (κ3) is 5.25. The minimum Gasteiger partial charge on any atom is -0.369 e. The summed E-state index contributed by atoms with van der Waals surface area (Å²) in [5.74, 6) is 1.36. The number of aromatic nitrogens is 4. The van der Waals surface area contributed by atoms with E-state index in [1.165, 1.54) is 21.6 Å². The van der Waals surface area contributed by atoms with Crippen molar-refractivity contribution >= 4 is 50.5 Å². The van der Waals surface area contributed by atoms with Crippen molar-refractivity contribution in [2.45, 2.75) is 25.7 Å². The smallest absolute Gasteiger partial charge is 0.272 e. The Kier molecular flexibility index (Phi) is 7.54. The van der Waals surface area contributed by atoms with Gasteiger partial charge in [-0.2, -0.15) is 0 Å². The molecule has 190 valence electrons. The van der Waals surface area contributed by atoms with Crippen molar-refractivity contribution in [2.75, 3.05) is 44.2 Å². The van der Waals surface area contributed by atoms with Crippen LogP contribution in [0, 0.1) is 0 Å². The number of nitrogens with one attached hydrogen (secondary N) is 1. The van der Waals surface area contributed by atoms with Crippen LogP contribution in [-0.2, 0) is 18.3 Å². The highest BCUT2D eigenvalue weighted by Crippen LogP contribution is 2.21. The molecule has 0 spiro atoms. The topological polar surface area (TPSA) is 87.8 Å². The average molecular weight is 528 g/mol. The van der Waals surface area contributed by atoms with Gasteiger partial charge in [-0.1, -0.05) is 17.7 Å². The number of nitrogens with zero attached hydrogens (tertiary/aromatic N) is 6. The fraction of sp³-hybridized carbons (Fsp3) is 0.440. The van der Waals surface area contributed by atoms with Crippen LogP contribution in [-0.4, -0.2) is 69.2 Å². The number of piperazine rings is 1. The van der Waals surface area contributed by atoms with Crippen LogP contribution >= 0.6 is 22.9 Å². The molecule has 0 aliphatic carbocycles. The lowest BCUT2D eigenvalue weighted by atomic mass is 10.2. The second kappa shape index (κ2) is 11.0. The zero-order chi connectivity index (χ0) is 25.1. The van der Waals surface area contributed by atoms with E-state index in [2.05, 4.69) is 31.4 Å². The molecule has 1 aliphatic rings. The van der Waals surface area contributed by atoms with Gasteiger partial charge in [0.25, 0.3) is 5.56 Å². The molecule has 1 N–H and O–H groups in total. The molecule has 5 rings (SSSR count). The first-order chi connectivity index (χ1) is 17.5. The molecule has 0 radical (unpaired) electrons. The van der Waals surface area contributed by atoms with Crippen molar-refractivity contribution in [3.8, 4) is 0 Å². The standard InChI is InChI=1S/C25H30ClN7O2S/c1-30-24(35)23-20(9-16-36-23)33-21(28-29-25(30)33)7-3-8-22(34)27-10-4-11-31-12-14-32(15-13-31)19-6-2-5-18(26)17-19/h2,5-6,9,16-17H,3-4,7-8,10-15H2,1H3,(H,27,34). The molecule has 4 heterocycles. The average Bonchev–Trinajstić information content (AvgIpc) is 3.53. The lowest BCUT2D eigenvalue weighted by Gasteiger charge is -2.36. The summed E-state index contributed by atoms with van der Waals surface area (Å²) in [6.45, 7) is 5.64. The van der Waals surface area contributed by atoms with Crippen LogP contribution < -0.4 is 15.8 Å². The predicted octanol–water partition coefficient (Wildman–Crippen LogP) is 2.95. The molecular weight excluding hydrogens is 498 g/mol. The van der Waals surface area contributed by atoms with E-state index in [0.717, 1.165) is 55.5 Å². The molecule has 3 aromatic heterocycles. The van der Waals surface area contributed by atoms with Crippen LogP contribution in [0.2, 0.25) is 5.02 Å². The van der Waals surface area contributed by atoms with Gasteiger partial charge in [0.05, 0.1) is 5.52 Å². The summed E-state index contributed by atoms with van der Waals surface area (Å²) in [6, 6.07) is 9.94. The van der Waals surface area contributed by atoms with Crippen molar-refractivity contribution in [1.82, 2.24) is 29.4 Å². The Morgan fingerprint density at radius 2 is 1.97 bits per heavy atom. The number of amides is 1. The number of hydrogen-bond acceptors (Lipinski definition) is 7. The number of thiophene rings is 1. The van der Waals surface area contributed by atoms with Crippen LogP contribution in [0.4, 0.5) is 5.69 Å². The van der Waals surface area contributed by atoms with E-state index in [1.54, 1.807) is 7.05 Å². The third-order valence-electron chi connectivity index (χ3n) is 6.72. The summed E-state index contributed by atoms with van der Waals surface area (Å²) in [5, 5.41) is 14.2. The molecule has 0 bridgehead atoms. The zero-order valence-corrected chi connectivity index (χ0v) is 21.9. The molecule has 0 unspecified atom stereocenters. The maximum atomic E-state index is 12.5. The lowest BCUT2D eigenvalue weighted by Crippen LogP contribution is -2.47. The van der Waals surface area contributed by atoms with Crippen molar-refractivity contribution in [3.63, 3.8) is 0 Å². The number of halogens is 1. The molecule has 36 heavy (non-hydrogen) atoms. The summed E-state index contributed by atoms with van der Waals surface area (Å²) in [6.07, 6.45) is 2.66. The van der Waals surface area contributed by atoms with Gasteiger partial charge in [-0.05, 0) is 49.0 Å². The van der Waals surface area contributed by atoms with Gasteiger partial charge in [0.1, 0.15) is 10.5 Å². The molecular formula is C25H30ClN7O2S. The van der Waals surface area contributed by atoms with Crippen LogP contribution in [0.25, 0.3) is 16.0 Å². The largest absolute Gasteiger partial charge is 0.369 e. The Morgan fingerprint density at radius 1 is 1.14 bits per heavy atom. The van der Waals surface area contributed by atoms with Crippen molar-refractivity contribution < 1.29 is 4.79 Å². The fourth-order valence-corrected chi connectivity index (χ4v) is 5.78. The third-order valence-corrected chi connectivity index (χ3v) is 7.85. The van der Waals surface area contributed by atoms with Crippen LogP contribution in [0.3, 0.4) is 0 Å². The highest BCUT2D eigenvalue weighted by molar-refractivity contribution is 7.17. The first-order valence-electron chi connectivity index (χ1n) is 12.3. The number of hydrogen-bond donors (Lipinski definition) is 1. The maximum absolute atomic E-state index is 12.5. The van der Waals surface area contributed by atoms with Gasteiger partial charge in [0, 0.05) is 63.3 Å². The van der Waals surface area contributed by atoms with Crippen molar-refractivity contribution in [2.24, 2.45) is 7.05 Å². The fourth-order valence-electron chi connectivity index (χ4n) is 4.74. The van der Waals surface area contributed by atoms with E-state index in [4.69, 9.17) is 11.6 Å². The molecule has 11 heteroatoms. The molecule has 1 aromatic carbocycles. The van der Waals surface area contributed by atoms with E-state index in [9.17, 15) is 9.59 Å². The first kappa shape index (κ1) is 24.7. The second-order valence-corrected chi connectivity index (χ2v) is 10.5. The summed E-state index contributed by atoms with van der Waals surface area (Å²) >= 11 is 7.54. The Morgan fingerprint density at radius 3 is 2.78 bits per heavy atom. The van der Waals surface area contributed by atoms with Gasteiger partial charge in [-0.3, -0.25) is 23.5 Å². The van der Waals surface area contributed by atoms with E-state index < -0.39 is 0 Å². The van der Waals surface area contributed by atoms with E-state index in [0.29, 0.717) is 36.3 Å². The lowest BCUT2D eigenvalue weighted by molar-refractivity contribution is -0.121. The summed E-state index contributed by atoms with van der Waals surface area (Å²) < 4.78 is 4.14. The number of aryl methyl sites for hydroxylation is 2. The summed E-state index contributed by atoms with van der Waals surface area (Å²) in [5.41, 5.74) is 1.95. The van der Waals surface area contributed by atoms with E-state index >= 15 is 0 Å². The van der Waals surface area contributed by atoms with Crippen LogP contribution in [0.15, 0.2) is 40.5 Å². The molecule has 9 nitrogen and oxygen atoms in total.